The highest BCUT2D eigenvalue weighted by molar-refractivity contribution is 5.78. The number of rotatable bonds is 30. The van der Waals surface area contributed by atoms with Crippen LogP contribution in [0, 0.1) is 0 Å². The lowest BCUT2D eigenvalue weighted by Gasteiger charge is -2.31. The first-order valence-electron chi connectivity index (χ1n) is 16.6. The summed E-state index contributed by atoms with van der Waals surface area (Å²) >= 11 is 0. The topological polar surface area (TPSA) is 26.3 Å². The van der Waals surface area contributed by atoms with E-state index in [2.05, 4.69) is 27.8 Å². The minimum atomic E-state index is 0.388. The quantitative estimate of drug-likeness (QED) is 0.0545. The molecule has 216 valence electrons. The molecule has 0 atom stereocenters. The zero-order valence-corrected chi connectivity index (χ0v) is 25.6. The standard InChI is InChI=1S/C33H68NO2/c1-5-8-11-12-13-14-15-16-17-18-19-20-21-22-23-24-25-26-27-28-33(35)29-32-36-34(4,30-9-6-2)31-10-7-3/h5-32H2,1-4H3/q+1. The van der Waals surface area contributed by atoms with Gasteiger partial charge in [-0.2, -0.15) is 4.65 Å². The van der Waals surface area contributed by atoms with Crippen LogP contribution in [0.25, 0.3) is 0 Å². The molecular formula is C33H68NO2+. The molecule has 0 aliphatic heterocycles. The number of hydrogen-bond acceptors (Lipinski definition) is 2. The Hall–Kier alpha value is -0.410. The van der Waals surface area contributed by atoms with Gasteiger partial charge in [0.1, 0.15) is 25.5 Å². The van der Waals surface area contributed by atoms with Crippen LogP contribution in [-0.4, -0.2) is 37.2 Å². The first-order chi connectivity index (χ1) is 17.6. The maximum Gasteiger partial charge on any atom is 0.135 e. The number of hydrogen-bond donors (Lipinski definition) is 0. The van der Waals surface area contributed by atoms with Crippen LogP contribution in [0.2, 0.25) is 0 Å². The molecule has 0 aliphatic carbocycles. The molecule has 0 radical (unpaired) electrons. The van der Waals surface area contributed by atoms with E-state index in [1.165, 1.54) is 141 Å². The molecule has 0 saturated carbocycles. The van der Waals surface area contributed by atoms with Crippen molar-refractivity contribution in [3.8, 4) is 0 Å². The van der Waals surface area contributed by atoms with E-state index >= 15 is 0 Å². The third-order valence-electron chi connectivity index (χ3n) is 7.81. The summed E-state index contributed by atoms with van der Waals surface area (Å²) in [5.74, 6) is 0.388. The summed E-state index contributed by atoms with van der Waals surface area (Å²) in [5.41, 5.74) is 0. The van der Waals surface area contributed by atoms with E-state index in [9.17, 15) is 4.79 Å². The first kappa shape index (κ1) is 35.6. The Labute approximate surface area is 228 Å². The molecule has 3 nitrogen and oxygen atoms in total. The third-order valence-corrected chi connectivity index (χ3v) is 7.81. The molecule has 0 unspecified atom stereocenters. The number of hydroxylamine groups is 3. The second-order valence-corrected chi connectivity index (χ2v) is 11.7. The van der Waals surface area contributed by atoms with Gasteiger partial charge in [0.2, 0.25) is 0 Å². The molecule has 0 fully saturated rings. The molecule has 0 amide bonds. The van der Waals surface area contributed by atoms with E-state index in [-0.39, 0.29) is 0 Å². The highest BCUT2D eigenvalue weighted by Gasteiger charge is 2.22. The molecule has 0 aromatic carbocycles. The molecule has 36 heavy (non-hydrogen) atoms. The molecule has 3 heteroatoms. The van der Waals surface area contributed by atoms with Crippen LogP contribution in [0.15, 0.2) is 0 Å². The second kappa shape index (κ2) is 27.6. The molecule has 0 aliphatic rings. The van der Waals surface area contributed by atoms with Gasteiger partial charge in [0.15, 0.2) is 0 Å². The van der Waals surface area contributed by atoms with Gasteiger partial charge in [-0.05, 0) is 19.3 Å². The lowest BCUT2D eigenvalue weighted by Crippen LogP contribution is -2.45. The van der Waals surface area contributed by atoms with Gasteiger partial charge in [0.25, 0.3) is 0 Å². The van der Waals surface area contributed by atoms with Crippen molar-refractivity contribution in [3.63, 3.8) is 0 Å². The van der Waals surface area contributed by atoms with Crippen LogP contribution in [0.4, 0.5) is 0 Å². The fourth-order valence-electron chi connectivity index (χ4n) is 5.13. The summed E-state index contributed by atoms with van der Waals surface area (Å²) in [6.07, 6.45) is 32.5. The van der Waals surface area contributed by atoms with Gasteiger partial charge in [-0.15, -0.1) is 0 Å². The van der Waals surface area contributed by atoms with Gasteiger partial charge in [0.05, 0.1) is 7.05 Å². The van der Waals surface area contributed by atoms with Crippen molar-refractivity contribution in [1.29, 1.82) is 0 Å². The average Bonchev–Trinajstić information content (AvgIpc) is 2.87. The number of nitrogens with zero attached hydrogens (tertiary/aromatic N) is 1. The molecular weight excluding hydrogens is 442 g/mol. The van der Waals surface area contributed by atoms with Crippen LogP contribution < -0.4 is 0 Å². The molecule has 0 N–H and O–H groups in total. The molecule has 0 heterocycles. The average molecular weight is 511 g/mol. The van der Waals surface area contributed by atoms with Gasteiger partial charge in [-0.1, -0.05) is 149 Å². The molecule has 0 bridgehead atoms. The molecule has 0 aromatic heterocycles. The number of quaternary nitrogens is 1. The maximum atomic E-state index is 12.3. The Balaban J connectivity index is 3.41. The van der Waals surface area contributed by atoms with Gasteiger partial charge in [-0.3, -0.25) is 4.79 Å². The minimum absolute atomic E-state index is 0.388. The third kappa shape index (κ3) is 25.2. The maximum absolute atomic E-state index is 12.3. The number of carbonyl (C=O) groups excluding carboxylic acids is 1. The zero-order chi connectivity index (χ0) is 26.6. The zero-order valence-electron chi connectivity index (χ0n) is 25.6. The molecule has 0 spiro atoms. The summed E-state index contributed by atoms with van der Waals surface area (Å²) in [6, 6.07) is 0. The Kier molecular flexibility index (Phi) is 27.3. The lowest BCUT2D eigenvalue weighted by atomic mass is 10.0. The number of ketones is 1. The van der Waals surface area contributed by atoms with Crippen molar-refractivity contribution in [2.45, 2.75) is 181 Å². The lowest BCUT2D eigenvalue weighted by molar-refractivity contribution is -1.09. The summed E-state index contributed by atoms with van der Waals surface area (Å²) < 4.78 is 0.675. The normalized spacial score (nSPS) is 11.9. The van der Waals surface area contributed by atoms with Crippen LogP contribution in [0.1, 0.15) is 181 Å². The summed E-state index contributed by atoms with van der Waals surface area (Å²) in [6.45, 7) is 9.46. The summed E-state index contributed by atoms with van der Waals surface area (Å²) in [7, 11) is 2.19. The van der Waals surface area contributed by atoms with Crippen LogP contribution in [-0.2, 0) is 9.63 Å². The number of unbranched alkanes of at least 4 members (excludes halogenated alkanes) is 20. The smallest absolute Gasteiger partial charge is 0.135 e. The van der Waals surface area contributed by atoms with Crippen molar-refractivity contribution < 1.29 is 14.3 Å². The monoisotopic (exact) mass is 511 g/mol. The van der Waals surface area contributed by atoms with E-state index in [4.69, 9.17) is 4.84 Å². The highest BCUT2D eigenvalue weighted by Crippen LogP contribution is 2.15. The van der Waals surface area contributed by atoms with Gasteiger partial charge < -0.3 is 0 Å². The van der Waals surface area contributed by atoms with E-state index < -0.39 is 0 Å². The van der Waals surface area contributed by atoms with Gasteiger partial charge in [-0.25, -0.2) is 4.84 Å². The molecule has 0 rings (SSSR count). The van der Waals surface area contributed by atoms with Crippen LogP contribution in [0.3, 0.4) is 0 Å². The molecule has 0 saturated heterocycles. The van der Waals surface area contributed by atoms with Crippen molar-refractivity contribution in [1.82, 2.24) is 0 Å². The van der Waals surface area contributed by atoms with Crippen LogP contribution in [0.5, 0.6) is 0 Å². The van der Waals surface area contributed by atoms with E-state index in [0.717, 1.165) is 25.9 Å². The predicted molar refractivity (Wildman–Crippen MR) is 159 cm³/mol. The fraction of sp³-hybridized carbons (Fsp3) is 0.970. The van der Waals surface area contributed by atoms with E-state index in [1.54, 1.807) is 0 Å². The second-order valence-electron chi connectivity index (χ2n) is 11.7. The van der Waals surface area contributed by atoms with Crippen molar-refractivity contribution >= 4 is 5.78 Å². The Morgan fingerprint density at radius 3 is 1.17 bits per heavy atom. The number of carbonyl (C=O) groups is 1. The minimum Gasteiger partial charge on any atom is -0.300 e. The fourth-order valence-corrected chi connectivity index (χ4v) is 5.13. The van der Waals surface area contributed by atoms with E-state index in [1.807, 2.05) is 0 Å². The summed E-state index contributed by atoms with van der Waals surface area (Å²) in [4.78, 5) is 18.4. The first-order valence-corrected chi connectivity index (χ1v) is 16.6. The largest absolute Gasteiger partial charge is 0.300 e. The van der Waals surface area contributed by atoms with Gasteiger partial charge >= 0.3 is 0 Å². The van der Waals surface area contributed by atoms with Crippen molar-refractivity contribution in [3.05, 3.63) is 0 Å². The highest BCUT2D eigenvalue weighted by atomic mass is 16.7. The van der Waals surface area contributed by atoms with E-state index in [0.29, 0.717) is 23.5 Å². The van der Waals surface area contributed by atoms with Crippen LogP contribution >= 0.6 is 0 Å². The molecule has 0 aromatic rings. The Morgan fingerprint density at radius 1 is 0.472 bits per heavy atom. The predicted octanol–water partition coefficient (Wildman–Crippen LogP) is 10.7. The Bertz CT molecular complexity index is 443. The van der Waals surface area contributed by atoms with Gasteiger partial charge in [0, 0.05) is 12.8 Å². The number of Topliss-reactive ketones (excluding diaryl/α,β-unsaturated/α-hetero) is 1. The van der Waals surface area contributed by atoms with Crippen molar-refractivity contribution in [2.24, 2.45) is 0 Å². The Morgan fingerprint density at radius 2 is 0.806 bits per heavy atom. The summed E-state index contributed by atoms with van der Waals surface area (Å²) in [5, 5.41) is 0. The SMILES string of the molecule is CCCCCCCCCCCCCCCCCCCCCC(=O)CCO[N+](C)(CCCC)CCCC. The van der Waals surface area contributed by atoms with Crippen molar-refractivity contribution in [2.75, 3.05) is 26.7 Å².